The first-order valence-electron chi connectivity index (χ1n) is 5.64. The Bertz CT molecular complexity index is 426. The minimum atomic E-state index is -0.710. The molecule has 16 heavy (non-hydrogen) atoms. The van der Waals surface area contributed by atoms with Crippen LogP contribution in [0, 0.1) is 13.8 Å². The quantitative estimate of drug-likeness (QED) is 0.821. The zero-order chi connectivity index (χ0) is 11.7. The number of hydrogen-bond acceptors (Lipinski definition) is 2. The molecule has 0 saturated carbocycles. The lowest BCUT2D eigenvalue weighted by molar-refractivity contribution is -0.137. The van der Waals surface area contributed by atoms with Crippen LogP contribution in [0.1, 0.15) is 35.4 Å². The maximum Gasteiger partial charge on any atom is 0.303 e. The van der Waals surface area contributed by atoms with Gasteiger partial charge >= 0.3 is 5.97 Å². The topological polar surface area (TPSA) is 49.3 Å². The first-order chi connectivity index (χ1) is 7.58. The Balaban J connectivity index is 2.22. The third-order valence-electron chi connectivity index (χ3n) is 3.19. The molecule has 1 aromatic rings. The lowest BCUT2D eigenvalue weighted by Gasteiger charge is -2.12. The molecule has 0 spiro atoms. The van der Waals surface area contributed by atoms with Gasteiger partial charge in [0.2, 0.25) is 0 Å². The third kappa shape index (κ3) is 2.03. The summed E-state index contributed by atoms with van der Waals surface area (Å²) in [5.41, 5.74) is 5.03. The highest BCUT2D eigenvalue weighted by Crippen LogP contribution is 2.37. The maximum absolute atomic E-state index is 10.6. The SMILES string of the molecule is Cc1cc(C)c2c(c1)NCC2CCC(=O)O. The van der Waals surface area contributed by atoms with E-state index in [9.17, 15) is 4.79 Å². The van der Waals surface area contributed by atoms with Crippen LogP contribution < -0.4 is 5.32 Å². The standard InChI is InChI=1S/C13H17NO2/c1-8-5-9(2)13-10(3-4-12(15)16)7-14-11(13)6-8/h5-6,10,14H,3-4,7H2,1-2H3,(H,15,16). The van der Waals surface area contributed by atoms with Gasteiger partial charge in [0, 0.05) is 24.6 Å². The number of hydrogen-bond donors (Lipinski definition) is 2. The Morgan fingerprint density at radius 1 is 1.50 bits per heavy atom. The van der Waals surface area contributed by atoms with Crippen LogP contribution in [-0.4, -0.2) is 17.6 Å². The summed E-state index contributed by atoms with van der Waals surface area (Å²) in [6.07, 6.45) is 0.971. The van der Waals surface area contributed by atoms with Crippen LogP contribution in [0.25, 0.3) is 0 Å². The van der Waals surface area contributed by atoms with E-state index in [4.69, 9.17) is 5.11 Å². The number of nitrogens with one attached hydrogen (secondary N) is 1. The zero-order valence-electron chi connectivity index (χ0n) is 9.71. The Morgan fingerprint density at radius 2 is 2.25 bits per heavy atom. The van der Waals surface area contributed by atoms with Crippen LogP contribution in [-0.2, 0) is 4.79 Å². The Hall–Kier alpha value is -1.51. The van der Waals surface area contributed by atoms with Gasteiger partial charge in [-0.25, -0.2) is 0 Å². The molecule has 0 radical (unpaired) electrons. The summed E-state index contributed by atoms with van der Waals surface area (Å²) in [5.74, 6) is -0.357. The van der Waals surface area contributed by atoms with Gasteiger partial charge in [-0.3, -0.25) is 4.79 Å². The highest BCUT2D eigenvalue weighted by atomic mass is 16.4. The number of fused-ring (bicyclic) bond motifs is 1. The van der Waals surface area contributed by atoms with Gasteiger partial charge < -0.3 is 10.4 Å². The summed E-state index contributed by atoms with van der Waals surface area (Å²) in [7, 11) is 0. The van der Waals surface area contributed by atoms with Crippen molar-refractivity contribution in [2.24, 2.45) is 0 Å². The number of anilines is 1. The highest BCUT2D eigenvalue weighted by molar-refractivity contribution is 5.67. The average Bonchev–Trinajstić information content (AvgIpc) is 2.57. The molecule has 1 unspecified atom stereocenters. The van der Waals surface area contributed by atoms with Crippen molar-refractivity contribution in [3.05, 3.63) is 28.8 Å². The molecular formula is C13H17NO2. The van der Waals surface area contributed by atoms with E-state index in [1.807, 2.05) is 0 Å². The molecule has 0 aliphatic carbocycles. The van der Waals surface area contributed by atoms with Crippen molar-refractivity contribution >= 4 is 11.7 Å². The monoisotopic (exact) mass is 219 g/mol. The summed E-state index contributed by atoms with van der Waals surface area (Å²) in [4.78, 5) is 10.6. The van der Waals surface area contributed by atoms with E-state index >= 15 is 0 Å². The minimum Gasteiger partial charge on any atom is -0.481 e. The van der Waals surface area contributed by atoms with Gasteiger partial charge in [0.15, 0.2) is 0 Å². The second kappa shape index (κ2) is 4.16. The number of carboxylic acids is 1. The minimum absolute atomic E-state index is 0.249. The van der Waals surface area contributed by atoms with Crippen molar-refractivity contribution in [3.8, 4) is 0 Å². The van der Waals surface area contributed by atoms with E-state index in [-0.39, 0.29) is 6.42 Å². The first kappa shape index (κ1) is 11.0. The number of carbonyl (C=O) groups is 1. The fourth-order valence-corrected chi connectivity index (χ4v) is 2.55. The lowest BCUT2D eigenvalue weighted by atomic mass is 9.91. The van der Waals surface area contributed by atoms with E-state index in [0.29, 0.717) is 5.92 Å². The molecule has 0 fully saturated rings. The maximum atomic E-state index is 10.6. The molecule has 3 nitrogen and oxygen atoms in total. The summed E-state index contributed by atoms with van der Waals surface area (Å²) in [6, 6.07) is 4.31. The molecule has 1 heterocycles. The normalized spacial score (nSPS) is 18.0. The van der Waals surface area contributed by atoms with E-state index in [1.165, 1.54) is 22.4 Å². The molecular weight excluding hydrogens is 202 g/mol. The smallest absolute Gasteiger partial charge is 0.303 e. The Labute approximate surface area is 95.5 Å². The van der Waals surface area contributed by atoms with Crippen molar-refractivity contribution in [3.63, 3.8) is 0 Å². The fourth-order valence-electron chi connectivity index (χ4n) is 2.55. The summed E-state index contributed by atoms with van der Waals surface area (Å²) in [5, 5.41) is 12.1. The molecule has 2 N–H and O–H groups in total. The van der Waals surface area contributed by atoms with Crippen molar-refractivity contribution in [1.82, 2.24) is 0 Å². The van der Waals surface area contributed by atoms with Crippen molar-refractivity contribution in [2.75, 3.05) is 11.9 Å². The van der Waals surface area contributed by atoms with Crippen molar-refractivity contribution in [2.45, 2.75) is 32.6 Å². The number of benzene rings is 1. The van der Waals surface area contributed by atoms with Crippen LogP contribution in [0.4, 0.5) is 5.69 Å². The van der Waals surface area contributed by atoms with E-state index in [1.54, 1.807) is 0 Å². The van der Waals surface area contributed by atoms with Gasteiger partial charge in [-0.15, -0.1) is 0 Å². The predicted octanol–water partition coefficient (Wildman–Crippen LogP) is 2.68. The number of aryl methyl sites for hydroxylation is 2. The van der Waals surface area contributed by atoms with Crippen molar-refractivity contribution in [1.29, 1.82) is 0 Å². The van der Waals surface area contributed by atoms with Gasteiger partial charge in [0.25, 0.3) is 0 Å². The van der Waals surface area contributed by atoms with Gasteiger partial charge in [-0.05, 0) is 43.0 Å². The summed E-state index contributed by atoms with van der Waals surface area (Å²) >= 11 is 0. The second-order valence-electron chi connectivity index (χ2n) is 4.55. The lowest BCUT2D eigenvalue weighted by Crippen LogP contribution is -2.06. The molecule has 1 aliphatic heterocycles. The van der Waals surface area contributed by atoms with Crippen LogP contribution in [0.15, 0.2) is 12.1 Å². The molecule has 2 rings (SSSR count). The predicted molar refractivity (Wildman–Crippen MR) is 64.0 cm³/mol. The summed E-state index contributed by atoms with van der Waals surface area (Å²) in [6.45, 7) is 5.05. The van der Waals surface area contributed by atoms with Crippen LogP contribution in [0.2, 0.25) is 0 Å². The van der Waals surface area contributed by atoms with Gasteiger partial charge in [0.1, 0.15) is 0 Å². The van der Waals surface area contributed by atoms with Crippen LogP contribution in [0.5, 0.6) is 0 Å². The van der Waals surface area contributed by atoms with Gasteiger partial charge in [-0.1, -0.05) is 6.07 Å². The molecule has 1 aromatic carbocycles. The number of carboxylic acid groups (broad SMARTS) is 1. The summed E-state index contributed by atoms with van der Waals surface area (Å²) < 4.78 is 0. The molecule has 1 aliphatic rings. The number of rotatable bonds is 3. The Morgan fingerprint density at radius 3 is 2.94 bits per heavy atom. The van der Waals surface area contributed by atoms with E-state index < -0.39 is 5.97 Å². The average molecular weight is 219 g/mol. The molecule has 1 atom stereocenters. The number of aliphatic carboxylic acids is 1. The van der Waals surface area contributed by atoms with Gasteiger partial charge in [-0.2, -0.15) is 0 Å². The first-order valence-corrected chi connectivity index (χ1v) is 5.64. The molecule has 0 amide bonds. The second-order valence-corrected chi connectivity index (χ2v) is 4.55. The highest BCUT2D eigenvalue weighted by Gasteiger charge is 2.24. The Kier molecular flexibility index (Phi) is 2.86. The van der Waals surface area contributed by atoms with E-state index in [2.05, 4.69) is 31.3 Å². The fraction of sp³-hybridized carbons (Fsp3) is 0.462. The zero-order valence-corrected chi connectivity index (χ0v) is 9.71. The van der Waals surface area contributed by atoms with Gasteiger partial charge in [0.05, 0.1) is 0 Å². The molecule has 86 valence electrons. The molecule has 3 heteroatoms. The van der Waals surface area contributed by atoms with Crippen LogP contribution in [0.3, 0.4) is 0 Å². The molecule has 0 saturated heterocycles. The third-order valence-corrected chi connectivity index (χ3v) is 3.19. The van der Waals surface area contributed by atoms with E-state index in [0.717, 1.165) is 13.0 Å². The van der Waals surface area contributed by atoms with Crippen LogP contribution >= 0.6 is 0 Å². The molecule has 0 aromatic heterocycles. The largest absolute Gasteiger partial charge is 0.481 e. The van der Waals surface area contributed by atoms with Crippen molar-refractivity contribution < 1.29 is 9.90 Å². The molecule has 0 bridgehead atoms.